The number of thiol groups is 1. The molecule has 0 bridgehead atoms. The summed E-state index contributed by atoms with van der Waals surface area (Å²) in [5, 5.41) is 2.76. The fourth-order valence-corrected chi connectivity index (χ4v) is 1.55. The van der Waals surface area contributed by atoms with Crippen molar-refractivity contribution < 1.29 is 9.21 Å². The Bertz CT molecular complexity index is 480. The molecule has 0 saturated heterocycles. The Balaban J connectivity index is 1.98. The molecule has 1 aromatic heterocycles. The van der Waals surface area contributed by atoms with Crippen LogP contribution in [0, 0.1) is 0 Å². The van der Waals surface area contributed by atoms with Crippen molar-refractivity contribution in [2.24, 2.45) is 0 Å². The third-order valence-corrected chi connectivity index (χ3v) is 2.39. The highest BCUT2D eigenvalue weighted by Crippen LogP contribution is 2.09. The van der Waals surface area contributed by atoms with Crippen LogP contribution in [0.2, 0.25) is 0 Å². The average molecular weight is 233 g/mol. The SMILES string of the molecule is O=C(NCc1ccco1)c1cccc(S)c1. The van der Waals surface area contributed by atoms with E-state index in [0.29, 0.717) is 12.1 Å². The predicted octanol–water partition coefficient (Wildman–Crippen LogP) is 2.50. The van der Waals surface area contributed by atoms with Crippen LogP contribution in [0.4, 0.5) is 0 Å². The lowest BCUT2D eigenvalue weighted by Crippen LogP contribution is -2.22. The van der Waals surface area contributed by atoms with Gasteiger partial charge < -0.3 is 9.73 Å². The number of carbonyl (C=O) groups is 1. The molecule has 2 rings (SSSR count). The van der Waals surface area contributed by atoms with Crippen LogP contribution in [0.25, 0.3) is 0 Å². The zero-order chi connectivity index (χ0) is 11.4. The van der Waals surface area contributed by atoms with Gasteiger partial charge in [-0.15, -0.1) is 12.6 Å². The lowest BCUT2D eigenvalue weighted by molar-refractivity contribution is 0.0948. The Morgan fingerprint density at radius 1 is 1.31 bits per heavy atom. The van der Waals surface area contributed by atoms with Crippen LogP contribution in [0.3, 0.4) is 0 Å². The van der Waals surface area contributed by atoms with Crippen LogP contribution in [0.1, 0.15) is 16.1 Å². The van der Waals surface area contributed by atoms with Gasteiger partial charge in [0.1, 0.15) is 5.76 Å². The minimum absolute atomic E-state index is 0.132. The maximum absolute atomic E-state index is 11.7. The largest absolute Gasteiger partial charge is 0.467 e. The van der Waals surface area contributed by atoms with E-state index in [1.54, 1.807) is 30.5 Å². The van der Waals surface area contributed by atoms with E-state index < -0.39 is 0 Å². The molecule has 0 atom stereocenters. The smallest absolute Gasteiger partial charge is 0.251 e. The van der Waals surface area contributed by atoms with Crippen molar-refractivity contribution in [3.63, 3.8) is 0 Å². The number of rotatable bonds is 3. The summed E-state index contributed by atoms with van der Waals surface area (Å²) < 4.78 is 5.11. The maximum atomic E-state index is 11.7. The first-order valence-electron chi connectivity index (χ1n) is 4.85. The van der Waals surface area contributed by atoms with Crippen LogP contribution in [-0.4, -0.2) is 5.91 Å². The molecule has 2 aromatic rings. The molecule has 0 unspecified atom stereocenters. The van der Waals surface area contributed by atoms with Gasteiger partial charge in [0.2, 0.25) is 0 Å². The fraction of sp³-hybridized carbons (Fsp3) is 0.0833. The Morgan fingerprint density at radius 3 is 2.88 bits per heavy atom. The number of carbonyl (C=O) groups excluding carboxylic acids is 1. The maximum Gasteiger partial charge on any atom is 0.251 e. The number of amides is 1. The van der Waals surface area contributed by atoms with Crippen molar-refractivity contribution in [2.45, 2.75) is 11.4 Å². The molecule has 3 nitrogen and oxygen atoms in total. The van der Waals surface area contributed by atoms with Crippen LogP contribution >= 0.6 is 12.6 Å². The second-order valence-electron chi connectivity index (χ2n) is 3.31. The van der Waals surface area contributed by atoms with Gasteiger partial charge in [0.25, 0.3) is 5.91 Å². The number of benzene rings is 1. The van der Waals surface area contributed by atoms with Crippen molar-refractivity contribution in [3.8, 4) is 0 Å². The Labute approximate surface area is 98.9 Å². The molecule has 0 aliphatic rings. The van der Waals surface area contributed by atoms with Gasteiger partial charge in [0.05, 0.1) is 12.8 Å². The summed E-state index contributed by atoms with van der Waals surface area (Å²) in [5.41, 5.74) is 0.596. The summed E-state index contributed by atoms with van der Waals surface area (Å²) in [5.74, 6) is 0.600. The Morgan fingerprint density at radius 2 is 2.19 bits per heavy atom. The lowest BCUT2D eigenvalue weighted by Gasteiger charge is -2.03. The van der Waals surface area contributed by atoms with Gasteiger partial charge in [0, 0.05) is 10.5 Å². The van der Waals surface area contributed by atoms with Gasteiger partial charge >= 0.3 is 0 Å². The highest BCUT2D eigenvalue weighted by molar-refractivity contribution is 7.80. The van der Waals surface area contributed by atoms with Crippen LogP contribution in [0.15, 0.2) is 52.0 Å². The molecule has 1 N–H and O–H groups in total. The molecule has 4 heteroatoms. The van der Waals surface area contributed by atoms with Gasteiger partial charge in [-0.2, -0.15) is 0 Å². The van der Waals surface area contributed by atoms with Gasteiger partial charge in [-0.25, -0.2) is 0 Å². The Kier molecular flexibility index (Phi) is 3.31. The molecule has 0 saturated carbocycles. The number of hydrogen-bond donors (Lipinski definition) is 2. The standard InChI is InChI=1S/C12H11NO2S/c14-12(9-3-1-5-11(16)7-9)13-8-10-4-2-6-15-10/h1-7,16H,8H2,(H,13,14). The van der Waals surface area contributed by atoms with E-state index in [1.165, 1.54) is 0 Å². The molecular weight excluding hydrogens is 222 g/mol. The first-order valence-corrected chi connectivity index (χ1v) is 5.30. The van der Waals surface area contributed by atoms with Gasteiger partial charge in [-0.05, 0) is 30.3 Å². The summed E-state index contributed by atoms with van der Waals surface area (Å²) in [4.78, 5) is 12.5. The van der Waals surface area contributed by atoms with Crippen molar-refractivity contribution in [1.29, 1.82) is 0 Å². The second-order valence-corrected chi connectivity index (χ2v) is 3.83. The summed E-state index contributed by atoms with van der Waals surface area (Å²) in [7, 11) is 0. The van der Waals surface area contributed by atoms with E-state index in [1.807, 2.05) is 12.1 Å². The normalized spacial score (nSPS) is 10.1. The molecule has 16 heavy (non-hydrogen) atoms. The summed E-state index contributed by atoms with van der Waals surface area (Å²) in [6.45, 7) is 0.392. The van der Waals surface area contributed by atoms with Crippen molar-refractivity contribution in [2.75, 3.05) is 0 Å². The van der Waals surface area contributed by atoms with E-state index in [-0.39, 0.29) is 5.91 Å². The molecule has 0 spiro atoms. The first kappa shape index (κ1) is 10.8. The third kappa shape index (κ3) is 2.67. The van der Waals surface area contributed by atoms with E-state index >= 15 is 0 Å². The van der Waals surface area contributed by atoms with E-state index in [4.69, 9.17) is 4.42 Å². The van der Waals surface area contributed by atoms with E-state index in [9.17, 15) is 4.79 Å². The van der Waals surface area contributed by atoms with Gasteiger partial charge in [-0.1, -0.05) is 6.07 Å². The van der Waals surface area contributed by atoms with Crippen LogP contribution in [0.5, 0.6) is 0 Å². The number of hydrogen-bond acceptors (Lipinski definition) is 3. The second kappa shape index (κ2) is 4.90. The van der Waals surface area contributed by atoms with Gasteiger partial charge in [0.15, 0.2) is 0 Å². The zero-order valence-corrected chi connectivity index (χ0v) is 9.41. The monoisotopic (exact) mass is 233 g/mol. The van der Waals surface area contributed by atoms with Gasteiger partial charge in [-0.3, -0.25) is 4.79 Å². The molecule has 0 aliphatic carbocycles. The molecule has 1 amide bonds. The first-order chi connectivity index (χ1) is 7.75. The molecule has 1 aromatic carbocycles. The number of furan rings is 1. The number of nitrogens with one attached hydrogen (secondary N) is 1. The molecule has 0 aliphatic heterocycles. The topological polar surface area (TPSA) is 42.2 Å². The molecular formula is C12H11NO2S. The minimum atomic E-state index is -0.132. The van der Waals surface area contributed by atoms with E-state index in [2.05, 4.69) is 17.9 Å². The lowest BCUT2D eigenvalue weighted by atomic mass is 10.2. The zero-order valence-electron chi connectivity index (χ0n) is 8.51. The Hall–Kier alpha value is -1.68. The molecule has 1 heterocycles. The van der Waals surface area contributed by atoms with Crippen molar-refractivity contribution >= 4 is 18.5 Å². The van der Waals surface area contributed by atoms with E-state index in [0.717, 1.165) is 10.7 Å². The summed E-state index contributed by atoms with van der Waals surface area (Å²) in [6.07, 6.45) is 1.58. The molecule has 0 fully saturated rings. The molecule has 0 radical (unpaired) electrons. The van der Waals surface area contributed by atoms with Crippen molar-refractivity contribution in [3.05, 3.63) is 54.0 Å². The summed E-state index contributed by atoms with van der Waals surface area (Å²) in [6, 6.07) is 10.7. The third-order valence-electron chi connectivity index (χ3n) is 2.11. The fourth-order valence-electron chi connectivity index (χ4n) is 1.33. The quantitative estimate of drug-likeness (QED) is 0.800. The van der Waals surface area contributed by atoms with Crippen LogP contribution in [-0.2, 0) is 6.54 Å². The average Bonchev–Trinajstić information content (AvgIpc) is 2.78. The van der Waals surface area contributed by atoms with Crippen LogP contribution < -0.4 is 5.32 Å². The summed E-state index contributed by atoms with van der Waals surface area (Å²) >= 11 is 4.18. The minimum Gasteiger partial charge on any atom is -0.467 e. The highest BCUT2D eigenvalue weighted by Gasteiger charge is 2.05. The highest BCUT2D eigenvalue weighted by atomic mass is 32.1. The van der Waals surface area contributed by atoms with Crippen molar-refractivity contribution in [1.82, 2.24) is 5.32 Å². The predicted molar refractivity (Wildman–Crippen MR) is 63.6 cm³/mol. The molecule has 82 valence electrons.